The highest BCUT2D eigenvalue weighted by molar-refractivity contribution is 6.09. The number of carbonyl (C=O) groups is 2. The lowest BCUT2D eigenvalue weighted by atomic mass is 10.1. The minimum atomic E-state index is -0.681. The van der Waals surface area contributed by atoms with Crippen LogP contribution in [0.2, 0.25) is 0 Å². The number of primary amides is 1. The van der Waals surface area contributed by atoms with Crippen molar-refractivity contribution in [2.75, 3.05) is 5.32 Å². The number of benzene rings is 3. The summed E-state index contributed by atoms with van der Waals surface area (Å²) in [6.45, 7) is 0. The second-order valence-corrected chi connectivity index (χ2v) is 5.27. The van der Waals surface area contributed by atoms with Crippen molar-refractivity contribution in [3.63, 3.8) is 0 Å². The van der Waals surface area contributed by atoms with E-state index in [1.807, 2.05) is 24.3 Å². The van der Waals surface area contributed by atoms with Gasteiger partial charge in [-0.25, -0.2) is 0 Å². The molecule has 0 atom stereocenters. The number of phenols is 2. The lowest BCUT2D eigenvalue weighted by Gasteiger charge is -2.10. The van der Waals surface area contributed by atoms with Crippen molar-refractivity contribution in [3.8, 4) is 11.5 Å². The Morgan fingerprint density at radius 1 is 0.875 bits per heavy atom. The van der Waals surface area contributed by atoms with Gasteiger partial charge in [-0.15, -0.1) is 0 Å². The molecule has 6 nitrogen and oxygen atoms in total. The lowest BCUT2D eigenvalue weighted by Crippen LogP contribution is -2.14. The van der Waals surface area contributed by atoms with Gasteiger partial charge in [0.2, 0.25) is 5.91 Å². The molecule has 5 N–H and O–H groups in total. The summed E-state index contributed by atoms with van der Waals surface area (Å²) >= 11 is 0. The van der Waals surface area contributed by atoms with Gasteiger partial charge in [-0.2, -0.15) is 0 Å². The third kappa shape index (κ3) is 2.85. The molecule has 0 spiro atoms. The summed E-state index contributed by atoms with van der Waals surface area (Å²) in [4.78, 5) is 23.6. The maximum absolute atomic E-state index is 12.4. The Balaban J connectivity index is 1.97. The topological polar surface area (TPSA) is 113 Å². The van der Waals surface area contributed by atoms with Gasteiger partial charge in [-0.3, -0.25) is 9.59 Å². The average molecular weight is 322 g/mol. The van der Waals surface area contributed by atoms with E-state index in [1.54, 1.807) is 6.07 Å². The van der Waals surface area contributed by atoms with Crippen molar-refractivity contribution in [1.29, 1.82) is 0 Å². The molecule has 0 unspecified atom stereocenters. The first-order chi connectivity index (χ1) is 11.5. The monoisotopic (exact) mass is 322 g/mol. The van der Waals surface area contributed by atoms with Crippen LogP contribution in [0.25, 0.3) is 10.8 Å². The van der Waals surface area contributed by atoms with Gasteiger partial charge >= 0.3 is 0 Å². The summed E-state index contributed by atoms with van der Waals surface area (Å²) in [6, 6.07) is 14.2. The summed E-state index contributed by atoms with van der Waals surface area (Å²) in [5, 5.41) is 24.0. The zero-order valence-corrected chi connectivity index (χ0v) is 12.5. The van der Waals surface area contributed by atoms with E-state index in [4.69, 9.17) is 5.73 Å². The van der Waals surface area contributed by atoms with Crippen LogP contribution in [0.15, 0.2) is 54.6 Å². The third-order valence-corrected chi connectivity index (χ3v) is 3.64. The maximum Gasteiger partial charge on any atom is 0.259 e. The Bertz CT molecular complexity index is 966. The number of aromatic hydroxyl groups is 2. The van der Waals surface area contributed by atoms with Gasteiger partial charge in [0.05, 0.1) is 11.3 Å². The highest BCUT2D eigenvalue weighted by atomic mass is 16.3. The van der Waals surface area contributed by atoms with Gasteiger partial charge in [0.25, 0.3) is 5.91 Å². The highest BCUT2D eigenvalue weighted by Crippen LogP contribution is 2.28. The summed E-state index contributed by atoms with van der Waals surface area (Å²) < 4.78 is 0. The average Bonchev–Trinajstić information content (AvgIpc) is 2.55. The first-order valence-corrected chi connectivity index (χ1v) is 7.11. The molecular weight excluding hydrogens is 308 g/mol. The summed E-state index contributed by atoms with van der Waals surface area (Å²) in [6.07, 6.45) is 0. The zero-order valence-electron chi connectivity index (χ0n) is 12.5. The van der Waals surface area contributed by atoms with E-state index >= 15 is 0 Å². The molecule has 24 heavy (non-hydrogen) atoms. The number of hydrogen-bond donors (Lipinski definition) is 4. The highest BCUT2D eigenvalue weighted by Gasteiger charge is 2.15. The molecule has 3 aromatic carbocycles. The molecular formula is C18H14N2O4. The van der Waals surface area contributed by atoms with Gasteiger partial charge < -0.3 is 21.3 Å². The van der Waals surface area contributed by atoms with Crippen LogP contribution in [0, 0.1) is 0 Å². The fourth-order valence-electron chi connectivity index (χ4n) is 2.39. The van der Waals surface area contributed by atoms with Crippen molar-refractivity contribution in [2.24, 2.45) is 5.73 Å². The van der Waals surface area contributed by atoms with Crippen LogP contribution in [0.5, 0.6) is 11.5 Å². The largest absolute Gasteiger partial charge is 0.507 e. The summed E-state index contributed by atoms with van der Waals surface area (Å²) in [7, 11) is 0. The van der Waals surface area contributed by atoms with Crippen molar-refractivity contribution >= 4 is 28.3 Å². The number of carbonyl (C=O) groups excluding carboxylic acids is 2. The molecule has 0 bridgehead atoms. The van der Waals surface area contributed by atoms with E-state index in [0.717, 1.165) is 10.8 Å². The van der Waals surface area contributed by atoms with Crippen LogP contribution in [0.3, 0.4) is 0 Å². The van der Waals surface area contributed by atoms with Crippen LogP contribution in [-0.4, -0.2) is 22.0 Å². The fourth-order valence-corrected chi connectivity index (χ4v) is 2.39. The van der Waals surface area contributed by atoms with Crippen LogP contribution in [-0.2, 0) is 0 Å². The minimum absolute atomic E-state index is 0.0314. The van der Waals surface area contributed by atoms with Crippen LogP contribution in [0.1, 0.15) is 20.7 Å². The zero-order chi connectivity index (χ0) is 17.3. The molecule has 3 aromatic rings. The Kier molecular flexibility index (Phi) is 3.79. The molecule has 0 aliphatic heterocycles. The van der Waals surface area contributed by atoms with E-state index in [1.165, 1.54) is 24.3 Å². The van der Waals surface area contributed by atoms with Crippen molar-refractivity contribution < 1.29 is 19.8 Å². The van der Waals surface area contributed by atoms with Crippen LogP contribution < -0.4 is 11.1 Å². The Morgan fingerprint density at radius 2 is 1.54 bits per heavy atom. The molecule has 0 aliphatic rings. The van der Waals surface area contributed by atoms with Gasteiger partial charge in [0, 0.05) is 5.56 Å². The Labute approximate surface area is 137 Å². The van der Waals surface area contributed by atoms with Crippen molar-refractivity contribution in [2.45, 2.75) is 0 Å². The van der Waals surface area contributed by atoms with Crippen LogP contribution in [0.4, 0.5) is 5.69 Å². The maximum atomic E-state index is 12.4. The molecule has 0 aromatic heterocycles. The van der Waals surface area contributed by atoms with Gasteiger partial charge in [0.1, 0.15) is 11.5 Å². The number of rotatable bonds is 3. The summed E-state index contributed by atoms with van der Waals surface area (Å²) in [5.41, 5.74) is 5.42. The minimum Gasteiger partial charge on any atom is -0.507 e. The Morgan fingerprint density at radius 3 is 2.21 bits per heavy atom. The lowest BCUT2D eigenvalue weighted by molar-refractivity contribution is 0.0995. The molecule has 2 amide bonds. The van der Waals surface area contributed by atoms with Gasteiger partial charge in [-0.1, -0.05) is 24.3 Å². The smallest absolute Gasteiger partial charge is 0.259 e. The quantitative estimate of drug-likeness (QED) is 0.555. The van der Waals surface area contributed by atoms with E-state index in [-0.39, 0.29) is 28.3 Å². The number of phenolic OH excluding ortho intramolecular Hbond substituents is 2. The molecule has 0 radical (unpaired) electrons. The van der Waals surface area contributed by atoms with Gasteiger partial charge in [0.15, 0.2) is 0 Å². The number of nitrogens with one attached hydrogen (secondary N) is 1. The van der Waals surface area contributed by atoms with Crippen molar-refractivity contribution in [3.05, 3.63) is 65.7 Å². The van der Waals surface area contributed by atoms with E-state index < -0.39 is 11.8 Å². The molecule has 0 aliphatic carbocycles. The number of anilines is 1. The molecule has 0 fully saturated rings. The molecule has 6 heteroatoms. The van der Waals surface area contributed by atoms with E-state index in [2.05, 4.69) is 5.32 Å². The SMILES string of the molecule is NC(=O)c1ccc(O)c(NC(=O)c2cc3ccccc3cc2O)c1. The number of nitrogens with two attached hydrogens (primary N) is 1. The second kappa shape index (κ2) is 5.92. The van der Waals surface area contributed by atoms with Crippen molar-refractivity contribution in [1.82, 2.24) is 0 Å². The first-order valence-electron chi connectivity index (χ1n) is 7.11. The van der Waals surface area contributed by atoms with E-state index in [0.29, 0.717) is 0 Å². The van der Waals surface area contributed by atoms with E-state index in [9.17, 15) is 19.8 Å². The summed E-state index contributed by atoms with van der Waals surface area (Å²) in [5.74, 6) is -1.69. The number of amides is 2. The standard InChI is InChI=1S/C18H14N2O4/c19-17(23)12-5-6-15(21)14(8-12)20-18(24)13-7-10-3-1-2-4-11(10)9-16(13)22/h1-9,21-22H,(H2,19,23)(H,20,24). The third-order valence-electron chi connectivity index (χ3n) is 3.64. The normalized spacial score (nSPS) is 10.5. The predicted octanol–water partition coefficient (Wildman–Crippen LogP) is 2.60. The van der Waals surface area contributed by atoms with Crippen LogP contribution >= 0.6 is 0 Å². The molecule has 120 valence electrons. The predicted molar refractivity (Wildman–Crippen MR) is 90.2 cm³/mol. The molecule has 3 rings (SSSR count). The number of hydrogen-bond acceptors (Lipinski definition) is 4. The number of fused-ring (bicyclic) bond motifs is 1. The first kappa shape index (κ1) is 15.4. The molecule has 0 heterocycles. The molecule has 0 saturated carbocycles. The Hall–Kier alpha value is -3.54. The second-order valence-electron chi connectivity index (χ2n) is 5.27. The molecule has 0 saturated heterocycles. The fraction of sp³-hybridized carbons (Fsp3) is 0. The van der Waals surface area contributed by atoms with Gasteiger partial charge in [-0.05, 0) is 41.1 Å².